The van der Waals surface area contributed by atoms with Gasteiger partial charge in [0.05, 0.1) is 29.3 Å². The maximum Gasteiger partial charge on any atom is 0.156 e. The summed E-state index contributed by atoms with van der Waals surface area (Å²) in [5.41, 5.74) is 9.05. The molecule has 4 aromatic heterocycles. The fourth-order valence-electron chi connectivity index (χ4n) is 2.88. The third kappa shape index (κ3) is 2.89. The van der Waals surface area contributed by atoms with Gasteiger partial charge in [-0.15, -0.1) is 0 Å². The summed E-state index contributed by atoms with van der Waals surface area (Å²) in [5.74, 6) is 0.492. The van der Waals surface area contributed by atoms with Crippen molar-refractivity contribution in [1.29, 1.82) is 5.26 Å². The van der Waals surface area contributed by atoms with Crippen LogP contribution in [0.1, 0.15) is 24.2 Å². The molecule has 0 aliphatic rings. The Morgan fingerprint density at radius 2 is 2.11 bits per heavy atom. The number of rotatable bonds is 4. The molecule has 0 aliphatic heterocycles. The summed E-state index contributed by atoms with van der Waals surface area (Å²) >= 11 is 0. The standard InChI is InChI=1S/C18H15N9/c1-11(25-18-12(8-19)17(20)23-10-24-18)15-16(13-4-2-3-5-22-13)27-7-6-21-9-14(27)26-15/h2-7,9-11H,1H3,(H3,20,23,24,25). The fraction of sp³-hybridized carbons (Fsp3) is 0.111. The van der Waals surface area contributed by atoms with E-state index >= 15 is 0 Å². The normalized spacial score (nSPS) is 11.9. The smallest absolute Gasteiger partial charge is 0.156 e. The summed E-state index contributed by atoms with van der Waals surface area (Å²) in [7, 11) is 0. The van der Waals surface area contributed by atoms with Crippen LogP contribution in [-0.4, -0.2) is 29.3 Å². The van der Waals surface area contributed by atoms with Gasteiger partial charge < -0.3 is 11.1 Å². The monoisotopic (exact) mass is 357 g/mol. The van der Waals surface area contributed by atoms with E-state index in [1.54, 1.807) is 18.6 Å². The van der Waals surface area contributed by atoms with Gasteiger partial charge in [-0.2, -0.15) is 5.26 Å². The van der Waals surface area contributed by atoms with Crippen LogP contribution in [0.3, 0.4) is 0 Å². The summed E-state index contributed by atoms with van der Waals surface area (Å²) in [5, 5.41) is 12.6. The highest BCUT2D eigenvalue weighted by Crippen LogP contribution is 2.30. The van der Waals surface area contributed by atoms with E-state index in [9.17, 15) is 5.26 Å². The number of nitrogens with two attached hydrogens (primary N) is 1. The van der Waals surface area contributed by atoms with Crippen LogP contribution >= 0.6 is 0 Å². The van der Waals surface area contributed by atoms with Gasteiger partial charge in [-0.25, -0.2) is 15.0 Å². The first-order valence-corrected chi connectivity index (χ1v) is 8.19. The van der Waals surface area contributed by atoms with Crippen molar-refractivity contribution in [3.8, 4) is 17.5 Å². The first-order valence-electron chi connectivity index (χ1n) is 8.19. The van der Waals surface area contributed by atoms with E-state index in [0.717, 1.165) is 17.1 Å². The molecule has 0 aliphatic carbocycles. The lowest BCUT2D eigenvalue weighted by atomic mass is 10.1. The molecule has 0 fully saturated rings. The van der Waals surface area contributed by atoms with Gasteiger partial charge in [0.2, 0.25) is 0 Å². The maximum absolute atomic E-state index is 9.34. The molecule has 27 heavy (non-hydrogen) atoms. The number of hydrogen-bond donors (Lipinski definition) is 2. The molecular formula is C18H15N9. The molecule has 132 valence electrons. The molecule has 3 N–H and O–H groups in total. The number of nitrogens with zero attached hydrogens (tertiary/aromatic N) is 7. The van der Waals surface area contributed by atoms with Crippen molar-refractivity contribution in [2.75, 3.05) is 11.1 Å². The van der Waals surface area contributed by atoms with Gasteiger partial charge in [0.25, 0.3) is 0 Å². The Bertz CT molecular complexity index is 1140. The molecule has 0 radical (unpaired) electrons. The van der Waals surface area contributed by atoms with Crippen molar-refractivity contribution in [3.63, 3.8) is 0 Å². The number of nitrogens with one attached hydrogen (secondary N) is 1. The van der Waals surface area contributed by atoms with E-state index in [1.807, 2.05) is 41.8 Å². The quantitative estimate of drug-likeness (QED) is 0.568. The zero-order chi connectivity index (χ0) is 18.8. The van der Waals surface area contributed by atoms with Crippen LogP contribution in [0.2, 0.25) is 0 Å². The van der Waals surface area contributed by atoms with Crippen molar-refractivity contribution in [1.82, 2.24) is 29.3 Å². The molecule has 4 aromatic rings. The van der Waals surface area contributed by atoms with Crippen LogP contribution < -0.4 is 11.1 Å². The van der Waals surface area contributed by atoms with Crippen LogP contribution in [0.4, 0.5) is 11.6 Å². The summed E-state index contributed by atoms with van der Waals surface area (Å²) in [4.78, 5) is 21.3. The minimum atomic E-state index is -0.275. The molecule has 1 unspecified atom stereocenters. The minimum Gasteiger partial charge on any atom is -0.382 e. The highest BCUT2D eigenvalue weighted by Gasteiger charge is 2.21. The van der Waals surface area contributed by atoms with Gasteiger partial charge in [0.1, 0.15) is 29.6 Å². The topological polar surface area (TPSA) is 131 Å². The number of anilines is 2. The highest BCUT2D eigenvalue weighted by atomic mass is 15.1. The lowest BCUT2D eigenvalue weighted by Gasteiger charge is -2.15. The maximum atomic E-state index is 9.34. The van der Waals surface area contributed by atoms with E-state index in [-0.39, 0.29) is 17.4 Å². The summed E-state index contributed by atoms with van der Waals surface area (Å²) < 4.78 is 1.93. The number of imidazole rings is 1. The molecule has 0 bridgehead atoms. The zero-order valence-corrected chi connectivity index (χ0v) is 14.4. The van der Waals surface area contributed by atoms with Crippen LogP contribution in [0.15, 0.2) is 49.3 Å². The summed E-state index contributed by atoms with van der Waals surface area (Å²) in [6, 6.07) is 7.46. The molecule has 1 atom stereocenters. The van der Waals surface area contributed by atoms with Gasteiger partial charge >= 0.3 is 0 Å². The largest absolute Gasteiger partial charge is 0.382 e. The van der Waals surface area contributed by atoms with Gasteiger partial charge in [0, 0.05) is 18.6 Å². The Kier molecular flexibility index (Phi) is 4.06. The van der Waals surface area contributed by atoms with Crippen molar-refractivity contribution < 1.29 is 0 Å². The predicted molar refractivity (Wildman–Crippen MR) is 99.4 cm³/mol. The Morgan fingerprint density at radius 1 is 1.22 bits per heavy atom. The second kappa shape index (κ2) is 6.68. The van der Waals surface area contributed by atoms with Gasteiger partial charge in [-0.1, -0.05) is 6.07 Å². The fourth-order valence-corrected chi connectivity index (χ4v) is 2.88. The van der Waals surface area contributed by atoms with Crippen LogP contribution in [0.25, 0.3) is 17.0 Å². The molecule has 9 nitrogen and oxygen atoms in total. The Morgan fingerprint density at radius 3 is 2.89 bits per heavy atom. The average Bonchev–Trinajstić information content (AvgIpc) is 3.08. The number of pyridine rings is 1. The van der Waals surface area contributed by atoms with E-state index in [4.69, 9.17) is 10.7 Å². The molecule has 0 saturated carbocycles. The SMILES string of the molecule is CC(Nc1ncnc(N)c1C#N)c1nc2cnccn2c1-c1ccccn1. The van der Waals surface area contributed by atoms with Gasteiger partial charge in [-0.05, 0) is 19.1 Å². The average molecular weight is 357 g/mol. The Hall–Kier alpha value is -4.06. The van der Waals surface area contributed by atoms with Gasteiger partial charge in [0.15, 0.2) is 5.65 Å². The second-order valence-electron chi connectivity index (χ2n) is 5.83. The lowest BCUT2D eigenvalue weighted by molar-refractivity contribution is 0.842. The Balaban J connectivity index is 1.82. The third-order valence-corrected chi connectivity index (χ3v) is 4.12. The molecule has 0 spiro atoms. The Labute approximate surface area is 154 Å². The van der Waals surface area contributed by atoms with Crippen LogP contribution in [0, 0.1) is 11.3 Å². The molecule has 0 aromatic carbocycles. The van der Waals surface area contributed by atoms with Crippen LogP contribution in [0.5, 0.6) is 0 Å². The van der Waals surface area contributed by atoms with E-state index in [0.29, 0.717) is 11.5 Å². The number of nitriles is 1. The minimum absolute atomic E-state index is 0.131. The van der Waals surface area contributed by atoms with E-state index in [2.05, 4.69) is 25.3 Å². The van der Waals surface area contributed by atoms with Crippen molar-refractivity contribution in [2.24, 2.45) is 0 Å². The number of nitrogen functional groups attached to an aromatic ring is 1. The molecule has 0 amide bonds. The summed E-state index contributed by atoms with van der Waals surface area (Å²) in [6.45, 7) is 1.93. The number of fused-ring (bicyclic) bond motifs is 1. The molecule has 4 heterocycles. The lowest BCUT2D eigenvalue weighted by Crippen LogP contribution is -2.12. The number of aromatic nitrogens is 6. The van der Waals surface area contributed by atoms with E-state index < -0.39 is 0 Å². The first-order chi connectivity index (χ1) is 13.2. The predicted octanol–water partition coefficient (Wildman–Crippen LogP) is 2.21. The van der Waals surface area contributed by atoms with Gasteiger partial charge in [-0.3, -0.25) is 14.4 Å². The zero-order valence-electron chi connectivity index (χ0n) is 14.4. The molecular weight excluding hydrogens is 342 g/mol. The first kappa shape index (κ1) is 16.4. The number of hydrogen-bond acceptors (Lipinski definition) is 8. The van der Waals surface area contributed by atoms with Crippen molar-refractivity contribution >= 4 is 17.3 Å². The van der Waals surface area contributed by atoms with E-state index in [1.165, 1.54) is 6.33 Å². The summed E-state index contributed by atoms with van der Waals surface area (Å²) in [6.07, 6.45) is 8.27. The van der Waals surface area contributed by atoms with Crippen molar-refractivity contribution in [3.05, 3.63) is 60.6 Å². The van der Waals surface area contributed by atoms with Crippen LogP contribution in [-0.2, 0) is 0 Å². The molecule has 0 saturated heterocycles. The molecule has 9 heteroatoms. The molecule has 4 rings (SSSR count). The second-order valence-corrected chi connectivity index (χ2v) is 5.83. The highest BCUT2D eigenvalue weighted by molar-refractivity contribution is 5.67. The van der Waals surface area contributed by atoms with Crippen molar-refractivity contribution in [2.45, 2.75) is 13.0 Å². The third-order valence-electron chi connectivity index (χ3n) is 4.12.